The van der Waals surface area contributed by atoms with E-state index in [0.29, 0.717) is 17.7 Å². The molecule has 1 aromatic carbocycles. The van der Waals surface area contributed by atoms with Crippen LogP contribution >= 0.6 is 0 Å². The second-order valence-electron chi connectivity index (χ2n) is 8.57. The molecule has 1 aromatic heterocycles. The maximum atomic E-state index is 13.1. The van der Waals surface area contributed by atoms with Gasteiger partial charge in [0.05, 0.1) is 11.3 Å². The Morgan fingerprint density at radius 2 is 1.80 bits per heavy atom. The second kappa shape index (κ2) is 9.40. The lowest BCUT2D eigenvalue weighted by Gasteiger charge is -2.39. The first kappa shape index (κ1) is 22.9. The Kier molecular flexibility index (Phi) is 7.17. The third-order valence-electron chi connectivity index (χ3n) is 4.65. The molecule has 2 N–H and O–H groups in total. The van der Waals surface area contributed by atoms with Gasteiger partial charge in [0.1, 0.15) is 12.1 Å². The maximum Gasteiger partial charge on any atom is 0.408 e. The van der Waals surface area contributed by atoms with Gasteiger partial charge in [-0.3, -0.25) is 14.7 Å². The molecule has 1 unspecified atom stereocenters. The number of aromatic nitrogens is 1. The minimum Gasteiger partial charge on any atom is -0.465 e. The molecule has 0 radical (unpaired) electrons. The largest absolute Gasteiger partial charge is 0.465 e. The highest BCUT2D eigenvalue weighted by atomic mass is 16.4. The first-order chi connectivity index (χ1) is 14.0. The molecule has 0 bridgehead atoms. The fourth-order valence-electron chi connectivity index (χ4n) is 3.35. The highest BCUT2D eigenvalue weighted by Gasteiger charge is 2.38. The number of nitriles is 1. The van der Waals surface area contributed by atoms with Crippen molar-refractivity contribution in [2.45, 2.75) is 52.6 Å². The van der Waals surface area contributed by atoms with Crippen molar-refractivity contribution in [1.29, 1.82) is 5.26 Å². The van der Waals surface area contributed by atoms with Crippen LogP contribution in [0.1, 0.15) is 46.6 Å². The van der Waals surface area contributed by atoms with Crippen LogP contribution in [0.15, 0.2) is 42.7 Å². The summed E-state index contributed by atoms with van der Waals surface area (Å²) in [6.45, 7) is 9.14. The van der Waals surface area contributed by atoms with Crippen molar-refractivity contribution < 1.29 is 14.7 Å². The maximum absolute atomic E-state index is 13.1. The number of nitrogens with zero attached hydrogens (tertiary/aromatic N) is 3. The lowest BCUT2D eigenvalue weighted by atomic mass is 9.96. The van der Waals surface area contributed by atoms with Crippen molar-refractivity contribution in [2.75, 3.05) is 5.32 Å². The van der Waals surface area contributed by atoms with E-state index in [2.05, 4.69) is 16.4 Å². The van der Waals surface area contributed by atoms with Crippen molar-refractivity contribution >= 4 is 17.7 Å². The van der Waals surface area contributed by atoms with E-state index in [1.165, 1.54) is 4.90 Å². The summed E-state index contributed by atoms with van der Waals surface area (Å²) in [7, 11) is 0. The van der Waals surface area contributed by atoms with Crippen LogP contribution in [0.5, 0.6) is 0 Å². The molecule has 0 spiro atoms. The molecule has 0 saturated heterocycles. The summed E-state index contributed by atoms with van der Waals surface area (Å²) in [4.78, 5) is 30.2. The van der Waals surface area contributed by atoms with Crippen molar-refractivity contribution in [1.82, 2.24) is 9.88 Å². The van der Waals surface area contributed by atoms with Gasteiger partial charge in [0.15, 0.2) is 0 Å². The number of carbonyl (C=O) groups excluding carboxylic acids is 1. The molecule has 0 fully saturated rings. The van der Waals surface area contributed by atoms with Gasteiger partial charge < -0.3 is 10.4 Å². The molecule has 2 amide bonds. The zero-order chi connectivity index (χ0) is 22.5. The van der Waals surface area contributed by atoms with Gasteiger partial charge in [-0.2, -0.15) is 5.26 Å². The van der Waals surface area contributed by atoms with Crippen molar-refractivity contribution in [3.05, 3.63) is 48.3 Å². The number of nitrogens with one attached hydrogen (secondary N) is 1. The van der Waals surface area contributed by atoms with Crippen LogP contribution in [0.3, 0.4) is 0 Å². The van der Waals surface area contributed by atoms with Crippen molar-refractivity contribution in [3.8, 4) is 17.2 Å². The summed E-state index contributed by atoms with van der Waals surface area (Å²) in [5.41, 5.74) is 1.63. The highest BCUT2D eigenvalue weighted by molar-refractivity contribution is 5.98. The number of amides is 2. The summed E-state index contributed by atoms with van der Waals surface area (Å²) in [6, 6.07) is 10.1. The molecule has 7 heteroatoms. The molecule has 158 valence electrons. The lowest BCUT2D eigenvalue weighted by molar-refractivity contribution is -0.123. The van der Waals surface area contributed by atoms with Crippen LogP contribution in [-0.2, 0) is 4.79 Å². The van der Waals surface area contributed by atoms with E-state index in [-0.39, 0.29) is 5.92 Å². The summed E-state index contributed by atoms with van der Waals surface area (Å²) in [5, 5.41) is 22.1. The number of rotatable bonds is 6. The Bertz CT molecular complexity index is 943. The standard InChI is InChI=1S/C23H28N4O3/c1-15(2)12-20(27(22(29)30)23(3,4)5)21(28)26-19-7-6-17(13-18(19)14-24)16-8-10-25-11-9-16/h6-11,13,15,20H,12H2,1-5H3,(H,26,28)(H,29,30). The Labute approximate surface area is 177 Å². The second-order valence-corrected chi connectivity index (χ2v) is 8.57. The van der Waals surface area contributed by atoms with Gasteiger partial charge in [0.2, 0.25) is 5.91 Å². The molecule has 2 aromatic rings. The van der Waals surface area contributed by atoms with E-state index >= 15 is 0 Å². The zero-order valence-electron chi connectivity index (χ0n) is 18.0. The van der Waals surface area contributed by atoms with Crippen LogP contribution in [-0.4, -0.2) is 38.6 Å². The summed E-state index contributed by atoms with van der Waals surface area (Å²) < 4.78 is 0. The fourth-order valence-corrected chi connectivity index (χ4v) is 3.35. The van der Waals surface area contributed by atoms with Crippen LogP contribution in [0.25, 0.3) is 11.1 Å². The van der Waals surface area contributed by atoms with Crippen LogP contribution in [0.2, 0.25) is 0 Å². The molecule has 0 aliphatic rings. The Hall–Kier alpha value is -3.40. The topological polar surface area (TPSA) is 106 Å². The number of benzene rings is 1. The van der Waals surface area contributed by atoms with Gasteiger partial charge in [-0.25, -0.2) is 4.79 Å². The first-order valence-electron chi connectivity index (χ1n) is 9.82. The highest BCUT2D eigenvalue weighted by Crippen LogP contribution is 2.27. The van der Waals surface area contributed by atoms with E-state index in [0.717, 1.165) is 11.1 Å². The molecule has 1 heterocycles. The zero-order valence-corrected chi connectivity index (χ0v) is 18.0. The van der Waals surface area contributed by atoms with Gasteiger partial charge in [-0.1, -0.05) is 19.9 Å². The van der Waals surface area contributed by atoms with Crippen LogP contribution in [0, 0.1) is 17.2 Å². The normalized spacial score (nSPS) is 12.2. The third kappa shape index (κ3) is 5.57. The predicted octanol–water partition coefficient (Wildman–Crippen LogP) is 4.75. The van der Waals surface area contributed by atoms with Gasteiger partial charge in [-0.15, -0.1) is 0 Å². The quantitative estimate of drug-likeness (QED) is 0.717. The summed E-state index contributed by atoms with van der Waals surface area (Å²) >= 11 is 0. The van der Waals surface area contributed by atoms with Gasteiger partial charge in [0.25, 0.3) is 0 Å². The number of carboxylic acid groups (broad SMARTS) is 1. The smallest absolute Gasteiger partial charge is 0.408 e. The van der Waals surface area contributed by atoms with Crippen LogP contribution < -0.4 is 5.32 Å². The molecule has 0 saturated carbocycles. The van der Waals surface area contributed by atoms with Crippen LogP contribution in [0.4, 0.5) is 10.5 Å². The Morgan fingerprint density at radius 1 is 1.17 bits per heavy atom. The predicted molar refractivity (Wildman–Crippen MR) is 116 cm³/mol. The molecular formula is C23H28N4O3. The first-order valence-corrected chi connectivity index (χ1v) is 9.82. The van der Waals surface area contributed by atoms with E-state index in [1.54, 1.807) is 45.3 Å². The molecular weight excluding hydrogens is 380 g/mol. The Balaban J connectivity index is 2.37. The van der Waals surface area contributed by atoms with Gasteiger partial charge in [0, 0.05) is 17.9 Å². The molecule has 2 rings (SSSR count). The van der Waals surface area contributed by atoms with Crippen molar-refractivity contribution in [3.63, 3.8) is 0 Å². The number of carbonyl (C=O) groups is 2. The summed E-state index contributed by atoms with van der Waals surface area (Å²) in [5.74, 6) is -0.344. The average molecular weight is 409 g/mol. The van der Waals surface area contributed by atoms with Gasteiger partial charge in [-0.05, 0) is 68.5 Å². The molecule has 7 nitrogen and oxygen atoms in total. The van der Waals surface area contributed by atoms with Gasteiger partial charge >= 0.3 is 6.09 Å². The third-order valence-corrected chi connectivity index (χ3v) is 4.65. The van der Waals surface area contributed by atoms with E-state index < -0.39 is 23.6 Å². The minimum absolute atomic E-state index is 0.106. The number of hydrogen-bond acceptors (Lipinski definition) is 4. The molecule has 1 atom stereocenters. The van der Waals surface area contributed by atoms with E-state index in [4.69, 9.17) is 0 Å². The van der Waals surface area contributed by atoms with E-state index in [1.807, 2.05) is 32.0 Å². The molecule has 0 aliphatic carbocycles. The SMILES string of the molecule is CC(C)CC(C(=O)Nc1ccc(-c2ccncc2)cc1C#N)N(C(=O)O)C(C)(C)C. The van der Waals surface area contributed by atoms with Crippen molar-refractivity contribution in [2.24, 2.45) is 5.92 Å². The van der Waals surface area contributed by atoms with E-state index in [9.17, 15) is 20.0 Å². The number of hydrogen-bond donors (Lipinski definition) is 2. The number of pyridine rings is 1. The minimum atomic E-state index is -1.16. The average Bonchev–Trinajstić information content (AvgIpc) is 2.66. The lowest BCUT2D eigenvalue weighted by Crippen LogP contribution is -2.56. The monoisotopic (exact) mass is 408 g/mol. The number of anilines is 1. The fraction of sp³-hybridized carbons (Fsp3) is 0.391. The Morgan fingerprint density at radius 3 is 2.30 bits per heavy atom. The molecule has 30 heavy (non-hydrogen) atoms. The summed E-state index contributed by atoms with van der Waals surface area (Å²) in [6.07, 6.45) is 2.55. The molecule has 0 aliphatic heterocycles.